The molecule has 128 valence electrons. The molecule has 2 aromatic rings. The van der Waals surface area contributed by atoms with Crippen molar-refractivity contribution in [2.24, 2.45) is 5.92 Å². The number of likely N-dealkylation sites (tertiary alicyclic amines) is 1. The lowest BCUT2D eigenvalue weighted by Crippen LogP contribution is -2.39. The fourth-order valence-electron chi connectivity index (χ4n) is 3.00. The second-order valence-corrected chi connectivity index (χ2v) is 6.74. The minimum atomic E-state index is -0.297. The molecule has 2 heterocycles. The van der Waals surface area contributed by atoms with Gasteiger partial charge in [0.1, 0.15) is 5.82 Å². The summed E-state index contributed by atoms with van der Waals surface area (Å²) in [5.41, 5.74) is 0.718. The van der Waals surface area contributed by atoms with Crippen LogP contribution in [0.3, 0.4) is 0 Å². The Bertz CT molecular complexity index is 697. The lowest BCUT2D eigenvalue weighted by Gasteiger charge is -2.31. The van der Waals surface area contributed by atoms with Crippen LogP contribution in [0.5, 0.6) is 0 Å². The van der Waals surface area contributed by atoms with Gasteiger partial charge in [-0.15, -0.1) is 0 Å². The first-order valence-corrected chi connectivity index (χ1v) is 8.40. The molecule has 5 nitrogen and oxygen atoms in total. The largest absolute Gasteiger partial charge is 0.342 e. The number of aromatic nitrogens is 2. The number of amides is 1. The van der Waals surface area contributed by atoms with E-state index in [1.165, 1.54) is 12.1 Å². The molecule has 24 heavy (non-hydrogen) atoms. The van der Waals surface area contributed by atoms with E-state index in [-0.39, 0.29) is 17.6 Å². The third-order valence-corrected chi connectivity index (χ3v) is 4.25. The Balaban J connectivity index is 1.70. The van der Waals surface area contributed by atoms with Gasteiger partial charge in [0.05, 0.1) is 5.92 Å². The number of carbonyl (C=O) groups excluding carboxylic acids is 1. The van der Waals surface area contributed by atoms with E-state index in [0.717, 1.165) is 24.9 Å². The summed E-state index contributed by atoms with van der Waals surface area (Å²) in [5, 5.41) is 4.00. The van der Waals surface area contributed by atoms with E-state index in [1.54, 1.807) is 12.1 Å². The fraction of sp³-hybridized carbons (Fsp3) is 0.500. The zero-order valence-corrected chi connectivity index (χ0v) is 14.0. The number of piperidine rings is 1. The van der Waals surface area contributed by atoms with Crippen LogP contribution in [-0.2, 0) is 4.79 Å². The number of hydrogen-bond acceptors (Lipinski definition) is 4. The number of benzene rings is 1. The maximum Gasteiger partial charge on any atom is 0.231 e. The van der Waals surface area contributed by atoms with E-state index in [2.05, 4.69) is 10.1 Å². The number of nitrogens with zero attached hydrogens (tertiary/aromatic N) is 3. The minimum Gasteiger partial charge on any atom is -0.342 e. The lowest BCUT2D eigenvalue weighted by atomic mass is 9.97. The summed E-state index contributed by atoms with van der Waals surface area (Å²) in [5.74, 6) is 1.32. The highest BCUT2D eigenvalue weighted by Crippen LogP contribution is 2.28. The number of halogens is 1. The van der Waals surface area contributed by atoms with Crippen molar-refractivity contribution in [1.29, 1.82) is 0 Å². The molecule has 6 heteroatoms. The molecule has 1 aromatic heterocycles. The van der Waals surface area contributed by atoms with E-state index in [1.807, 2.05) is 18.7 Å². The van der Waals surface area contributed by atoms with Crippen LogP contribution in [0.25, 0.3) is 11.4 Å². The highest BCUT2D eigenvalue weighted by molar-refractivity contribution is 5.76. The molecule has 1 atom stereocenters. The Kier molecular flexibility index (Phi) is 4.92. The SMILES string of the molecule is CC(C)CC(=O)N1CCC[C@@H](c2nc(-c3ccc(F)cc3)no2)C1. The second kappa shape index (κ2) is 7.11. The Morgan fingerprint density at radius 1 is 1.38 bits per heavy atom. The molecule has 1 fully saturated rings. The summed E-state index contributed by atoms with van der Waals surface area (Å²) in [4.78, 5) is 18.6. The third kappa shape index (κ3) is 3.80. The average Bonchev–Trinajstić information content (AvgIpc) is 3.05. The maximum atomic E-state index is 13.0. The van der Waals surface area contributed by atoms with Gasteiger partial charge in [-0.2, -0.15) is 4.98 Å². The van der Waals surface area contributed by atoms with Gasteiger partial charge < -0.3 is 9.42 Å². The molecule has 1 amide bonds. The van der Waals surface area contributed by atoms with Crippen molar-refractivity contribution >= 4 is 5.91 Å². The van der Waals surface area contributed by atoms with Gasteiger partial charge in [-0.3, -0.25) is 4.79 Å². The summed E-state index contributed by atoms with van der Waals surface area (Å²) in [6.07, 6.45) is 2.43. The van der Waals surface area contributed by atoms with Crippen LogP contribution in [0.1, 0.15) is 44.9 Å². The van der Waals surface area contributed by atoms with Crippen LogP contribution in [0, 0.1) is 11.7 Å². The molecular weight excluding hydrogens is 309 g/mol. The van der Waals surface area contributed by atoms with Crippen LogP contribution in [0.15, 0.2) is 28.8 Å². The van der Waals surface area contributed by atoms with Crippen molar-refractivity contribution in [2.75, 3.05) is 13.1 Å². The van der Waals surface area contributed by atoms with Gasteiger partial charge >= 0.3 is 0 Å². The van der Waals surface area contributed by atoms with Crippen molar-refractivity contribution < 1.29 is 13.7 Å². The molecule has 0 unspecified atom stereocenters. The van der Waals surface area contributed by atoms with Gasteiger partial charge in [0.15, 0.2) is 0 Å². The monoisotopic (exact) mass is 331 g/mol. The van der Waals surface area contributed by atoms with Crippen molar-refractivity contribution in [3.63, 3.8) is 0 Å². The molecule has 1 saturated heterocycles. The number of rotatable bonds is 4. The number of carbonyl (C=O) groups is 1. The van der Waals surface area contributed by atoms with E-state index in [4.69, 9.17) is 4.52 Å². The smallest absolute Gasteiger partial charge is 0.231 e. The van der Waals surface area contributed by atoms with Crippen molar-refractivity contribution in [3.8, 4) is 11.4 Å². The Morgan fingerprint density at radius 3 is 2.83 bits per heavy atom. The zero-order valence-electron chi connectivity index (χ0n) is 14.0. The van der Waals surface area contributed by atoms with Crippen LogP contribution in [0.2, 0.25) is 0 Å². The van der Waals surface area contributed by atoms with E-state index < -0.39 is 0 Å². The minimum absolute atomic E-state index is 0.0663. The molecule has 1 aliphatic heterocycles. The summed E-state index contributed by atoms with van der Waals surface area (Å²) in [6, 6.07) is 6.00. The first-order valence-electron chi connectivity index (χ1n) is 8.40. The van der Waals surface area contributed by atoms with Gasteiger partial charge in [0.2, 0.25) is 17.6 Å². The zero-order chi connectivity index (χ0) is 17.1. The van der Waals surface area contributed by atoms with Gasteiger partial charge in [0, 0.05) is 25.1 Å². The maximum absolute atomic E-state index is 13.0. The van der Waals surface area contributed by atoms with E-state index in [0.29, 0.717) is 30.6 Å². The summed E-state index contributed by atoms with van der Waals surface area (Å²) in [7, 11) is 0. The normalized spacial score (nSPS) is 18.2. The lowest BCUT2D eigenvalue weighted by molar-refractivity contribution is -0.133. The van der Waals surface area contributed by atoms with Crippen LogP contribution in [-0.4, -0.2) is 34.0 Å². The quantitative estimate of drug-likeness (QED) is 0.858. The second-order valence-electron chi connectivity index (χ2n) is 6.74. The van der Waals surface area contributed by atoms with Crippen molar-refractivity contribution in [2.45, 2.75) is 39.0 Å². The summed E-state index contributed by atoms with van der Waals surface area (Å²) in [6.45, 7) is 5.51. The molecule has 0 bridgehead atoms. The van der Waals surface area contributed by atoms with Crippen molar-refractivity contribution in [3.05, 3.63) is 36.0 Å². The molecule has 1 aliphatic rings. The van der Waals surface area contributed by atoms with E-state index in [9.17, 15) is 9.18 Å². The standard InChI is InChI=1S/C18H22FN3O2/c1-12(2)10-16(23)22-9-3-4-14(11-22)18-20-17(21-24-18)13-5-7-15(19)8-6-13/h5-8,12,14H,3-4,9-11H2,1-2H3/t14-/m1/s1. The van der Waals surface area contributed by atoms with E-state index >= 15 is 0 Å². The highest BCUT2D eigenvalue weighted by Gasteiger charge is 2.28. The molecular formula is C18H22FN3O2. The van der Waals surface area contributed by atoms with Gasteiger partial charge in [-0.1, -0.05) is 19.0 Å². The van der Waals surface area contributed by atoms with Gasteiger partial charge in [-0.05, 0) is 43.0 Å². The third-order valence-electron chi connectivity index (χ3n) is 4.25. The fourth-order valence-corrected chi connectivity index (χ4v) is 3.00. The Hall–Kier alpha value is -2.24. The molecule has 0 radical (unpaired) electrons. The Morgan fingerprint density at radius 2 is 2.12 bits per heavy atom. The first kappa shape index (κ1) is 16.6. The van der Waals surface area contributed by atoms with Gasteiger partial charge in [0.25, 0.3) is 0 Å². The first-order chi connectivity index (χ1) is 11.5. The predicted octanol–water partition coefficient (Wildman–Crippen LogP) is 3.63. The molecule has 1 aromatic carbocycles. The molecule has 3 rings (SSSR count). The average molecular weight is 331 g/mol. The molecule has 0 N–H and O–H groups in total. The van der Waals surface area contributed by atoms with Crippen LogP contribution < -0.4 is 0 Å². The highest BCUT2D eigenvalue weighted by atomic mass is 19.1. The van der Waals surface area contributed by atoms with Gasteiger partial charge in [-0.25, -0.2) is 4.39 Å². The topological polar surface area (TPSA) is 59.2 Å². The summed E-state index contributed by atoms with van der Waals surface area (Å²) < 4.78 is 18.4. The number of hydrogen-bond donors (Lipinski definition) is 0. The predicted molar refractivity (Wildman–Crippen MR) is 87.7 cm³/mol. The summed E-state index contributed by atoms with van der Waals surface area (Å²) >= 11 is 0. The molecule has 0 aliphatic carbocycles. The van der Waals surface area contributed by atoms with Crippen LogP contribution in [0.4, 0.5) is 4.39 Å². The molecule has 0 spiro atoms. The van der Waals surface area contributed by atoms with Crippen molar-refractivity contribution in [1.82, 2.24) is 15.0 Å². The van der Waals surface area contributed by atoms with Crippen LogP contribution >= 0.6 is 0 Å². The molecule has 0 saturated carbocycles. The Labute approximate surface area is 140 Å².